The number of amides is 1. The molecule has 1 atom stereocenters. The molecule has 0 aliphatic carbocycles. The van der Waals surface area contributed by atoms with Gasteiger partial charge in [-0.3, -0.25) is 4.90 Å². The lowest BCUT2D eigenvalue weighted by atomic mass is 10.0. The first-order valence-electron chi connectivity index (χ1n) is 12.5. The maximum absolute atomic E-state index is 13.1. The molecule has 4 rings (SSSR count). The third kappa shape index (κ3) is 6.70. The van der Waals surface area contributed by atoms with Gasteiger partial charge in [0.2, 0.25) is 10.0 Å². The van der Waals surface area contributed by atoms with Crippen molar-refractivity contribution in [1.82, 2.24) is 14.1 Å². The molecule has 36 heavy (non-hydrogen) atoms. The quantitative estimate of drug-likeness (QED) is 0.506. The Labute approximate surface area is 218 Å². The van der Waals surface area contributed by atoms with Crippen molar-refractivity contribution in [3.05, 3.63) is 59.1 Å². The van der Waals surface area contributed by atoms with Crippen molar-refractivity contribution in [2.75, 3.05) is 52.5 Å². The van der Waals surface area contributed by atoms with Gasteiger partial charge in [0.15, 0.2) is 0 Å². The minimum Gasteiger partial charge on any atom is -0.493 e. The summed E-state index contributed by atoms with van der Waals surface area (Å²) in [6, 6.07) is 14.6. The molecule has 0 spiro atoms. The van der Waals surface area contributed by atoms with Crippen LogP contribution in [0.25, 0.3) is 0 Å². The summed E-state index contributed by atoms with van der Waals surface area (Å²) in [7, 11) is -3.63. The Morgan fingerprint density at radius 1 is 1.03 bits per heavy atom. The van der Waals surface area contributed by atoms with Gasteiger partial charge in [-0.2, -0.15) is 4.31 Å². The highest BCUT2D eigenvalue weighted by Crippen LogP contribution is 2.28. The molecule has 2 aromatic carbocycles. The molecule has 2 saturated heterocycles. The number of piperazine rings is 1. The van der Waals surface area contributed by atoms with Crippen LogP contribution in [0.2, 0.25) is 5.02 Å². The molecule has 0 N–H and O–H groups in total. The number of hydrogen-bond donors (Lipinski definition) is 0. The van der Waals surface area contributed by atoms with Crippen LogP contribution in [0.4, 0.5) is 4.79 Å². The summed E-state index contributed by atoms with van der Waals surface area (Å²) < 4.78 is 38.8. The first-order valence-corrected chi connectivity index (χ1v) is 14.3. The third-order valence-electron chi connectivity index (χ3n) is 6.65. The van der Waals surface area contributed by atoms with E-state index in [0.29, 0.717) is 39.4 Å². The zero-order valence-electron chi connectivity index (χ0n) is 20.6. The highest BCUT2D eigenvalue weighted by Gasteiger charge is 2.31. The largest absolute Gasteiger partial charge is 0.493 e. The fraction of sp³-hybridized carbons (Fsp3) is 0.500. The van der Waals surface area contributed by atoms with E-state index in [1.54, 1.807) is 29.2 Å². The van der Waals surface area contributed by atoms with Crippen molar-refractivity contribution in [3.63, 3.8) is 0 Å². The minimum atomic E-state index is -3.63. The van der Waals surface area contributed by atoms with E-state index in [-0.39, 0.29) is 21.9 Å². The molecule has 0 saturated carbocycles. The van der Waals surface area contributed by atoms with E-state index < -0.39 is 10.0 Å². The van der Waals surface area contributed by atoms with Crippen LogP contribution in [0, 0.1) is 5.92 Å². The Hall–Kier alpha value is -2.33. The maximum Gasteiger partial charge on any atom is 0.409 e. The summed E-state index contributed by atoms with van der Waals surface area (Å²) in [6.45, 7) is 7.37. The average Bonchev–Trinajstić information content (AvgIpc) is 2.89. The second-order valence-electron chi connectivity index (χ2n) is 9.22. The monoisotopic (exact) mass is 535 g/mol. The van der Waals surface area contributed by atoms with Crippen molar-refractivity contribution in [2.24, 2.45) is 5.92 Å². The molecular weight excluding hydrogens is 502 g/mol. The van der Waals surface area contributed by atoms with Crippen LogP contribution in [0.15, 0.2) is 53.4 Å². The standard InChI is InChI=1S/C26H34ClN3O5S/c1-2-34-26(31)29-16-14-28(15-17-29)18-21-9-11-23(12-10-21)35-20-22-6-5-13-30(19-22)36(32,33)25-8-4-3-7-24(25)27/h3-4,7-12,22H,2,5-6,13-20H2,1H3/t22-/m1/s1. The predicted molar refractivity (Wildman–Crippen MR) is 139 cm³/mol. The van der Waals surface area contributed by atoms with E-state index in [2.05, 4.69) is 17.0 Å². The molecular formula is C26H34ClN3O5S. The average molecular weight is 536 g/mol. The summed E-state index contributed by atoms with van der Waals surface area (Å²) in [5, 5.41) is 0.247. The number of hydrogen-bond acceptors (Lipinski definition) is 6. The summed E-state index contributed by atoms with van der Waals surface area (Å²) in [6.07, 6.45) is 1.48. The smallest absolute Gasteiger partial charge is 0.409 e. The van der Waals surface area contributed by atoms with Crippen LogP contribution in [0.1, 0.15) is 25.3 Å². The van der Waals surface area contributed by atoms with Crippen molar-refractivity contribution in [3.8, 4) is 5.75 Å². The SMILES string of the molecule is CCOC(=O)N1CCN(Cc2ccc(OC[C@@H]3CCCN(S(=O)(=O)c4ccccc4Cl)C3)cc2)CC1. The lowest BCUT2D eigenvalue weighted by molar-refractivity contribution is 0.0778. The van der Waals surface area contributed by atoms with E-state index >= 15 is 0 Å². The molecule has 0 unspecified atom stereocenters. The number of ether oxygens (including phenoxy) is 2. The maximum atomic E-state index is 13.1. The predicted octanol–water partition coefficient (Wildman–Crippen LogP) is 4.09. The lowest BCUT2D eigenvalue weighted by Gasteiger charge is -2.34. The molecule has 196 valence electrons. The van der Waals surface area contributed by atoms with Crippen molar-refractivity contribution in [2.45, 2.75) is 31.2 Å². The van der Waals surface area contributed by atoms with Gasteiger partial charge in [0, 0.05) is 51.7 Å². The topological polar surface area (TPSA) is 79.4 Å². The summed E-state index contributed by atoms with van der Waals surface area (Å²) >= 11 is 6.16. The van der Waals surface area contributed by atoms with Crippen LogP contribution < -0.4 is 4.74 Å². The van der Waals surface area contributed by atoms with Crippen LogP contribution >= 0.6 is 11.6 Å². The van der Waals surface area contributed by atoms with Gasteiger partial charge in [-0.25, -0.2) is 13.2 Å². The zero-order valence-corrected chi connectivity index (χ0v) is 22.2. The Kier molecular flexibility index (Phi) is 9.11. The molecule has 2 aliphatic heterocycles. The second-order valence-corrected chi connectivity index (χ2v) is 11.5. The van der Waals surface area contributed by atoms with Crippen molar-refractivity contribution in [1.29, 1.82) is 0 Å². The van der Waals surface area contributed by atoms with E-state index in [4.69, 9.17) is 21.1 Å². The van der Waals surface area contributed by atoms with E-state index in [0.717, 1.165) is 38.2 Å². The summed E-state index contributed by atoms with van der Waals surface area (Å²) in [5.74, 6) is 0.892. The number of benzene rings is 2. The summed E-state index contributed by atoms with van der Waals surface area (Å²) in [4.78, 5) is 16.1. The zero-order chi connectivity index (χ0) is 25.5. The number of halogens is 1. The molecule has 0 bridgehead atoms. The number of carbonyl (C=O) groups excluding carboxylic acids is 1. The first-order chi connectivity index (χ1) is 17.4. The third-order valence-corrected chi connectivity index (χ3v) is 9.01. The summed E-state index contributed by atoms with van der Waals surface area (Å²) in [5.41, 5.74) is 1.18. The Bertz CT molecular complexity index is 1120. The molecule has 0 aromatic heterocycles. The normalized spacial score (nSPS) is 19.7. The first kappa shape index (κ1) is 26.7. The molecule has 10 heteroatoms. The Balaban J connectivity index is 1.25. The molecule has 2 heterocycles. The molecule has 2 fully saturated rings. The van der Waals surface area contributed by atoms with E-state index in [1.807, 2.05) is 19.1 Å². The van der Waals surface area contributed by atoms with Crippen molar-refractivity contribution < 1.29 is 22.7 Å². The lowest BCUT2D eigenvalue weighted by Crippen LogP contribution is -2.48. The van der Waals surface area contributed by atoms with Crippen molar-refractivity contribution >= 4 is 27.7 Å². The van der Waals surface area contributed by atoms with E-state index in [9.17, 15) is 13.2 Å². The fourth-order valence-corrected chi connectivity index (χ4v) is 6.69. The van der Waals surface area contributed by atoms with Gasteiger partial charge in [0.05, 0.1) is 18.2 Å². The van der Waals surface area contributed by atoms with Gasteiger partial charge in [-0.15, -0.1) is 0 Å². The van der Waals surface area contributed by atoms with E-state index in [1.165, 1.54) is 9.87 Å². The highest BCUT2D eigenvalue weighted by atomic mass is 35.5. The number of carbonyl (C=O) groups is 1. The highest BCUT2D eigenvalue weighted by molar-refractivity contribution is 7.89. The van der Waals surface area contributed by atoms with Crippen LogP contribution in [0.3, 0.4) is 0 Å². The van der Waals surface area contributed by atoms with Gasteiger partial charge < -0.3 is 14.4 Å². The minimum absolute atomic E-state index is 0.117. The van der Waals surface area contributed by atoms with Gasteiger partial charge >= 0.3 is 6.09 Å². The second kappa shape index (κ2) is 12.3. The van der Waals surface area contributed by atoms with Crippen LogP contribution in [-0.4, -0.2) is 81.1 Å². The van der Waals surface area contributed by atoms with Gasteiger partial charge in [-0.1, -0.05) is 35.9 Å². The molecule has 2 aliphatic rings. The number of rotatable bonds is 8. The molecule has 0 radical (unpaired) electrons. The van der Waals surface area contributed by atoms with Crippen LogP contribution in [-0.2, 0) is 21.3 Å². The van der Waals surface area contributed by atoms with Gasteiger partial charge in [-0.05, 0) is 49.6 Å². The fourth-order valence-electron chi connectivity index (χ4n) is 4.64. The number of nitrogens with zero attached hydrogens (tertiary/aromatic N) is 3. The molecule has 2 aromatic rings. The number of sulfonamides is 1. The number of piperidine rings is 1. The molecule has 1 amide bonds. The van der Waals surface area contributed by atoms with Gasteiger partial charge in [0.1, 0.15) is 10.6 Å². The Morgan fingerprint density at radius 2 is 1.75 bits per heavy atom. The molecule has 8 nitrogen and oxygen atoms in total. The Morgan fingerprint density at radius 3 is 2.44 bits per heavy atom. The van der Waals surface area contributed by atoms with Crippen LogP contribution in [0.5, 0.6) is 5.75 Å². The van der Waals surface area contributed by atoms with Gasteiger partial charge in [0.25, 0.3) is 0 Å².